The van der Waals surface area contributed by atoms with Crippen molar-refractivity contribution in [3.05, 3.63) is 95.6 Å². The Balaban J connectivity index is 1.76. The van der Waals surface area contributed by atoms with Crippen molar-refractivity contribution in [2.24, 2.45) is 0 Å². The van der Waals surface area contributed by atoms with Gasteiger partial charge in [-0.2, -0.15) is 8.42 Å². The highest BCUT2D eigenvalue weighted by Crippen LogP contribution is 2.23. The predicted octanol–water partition coefficient (Wildman–Crippen LogP) is 3.87. The fraction of sp³-hybridized carbons (Fsp3) is 0.200. The van der Waals surface area contributed by atoms with Gasteiger partial charge in [-0.25, -0.2) is 0 Å². The molecule has 2 amide bonds. The normalized spacial score (nSPS) is 11.0. The number of rotatable bonds is 9. The molecule has 0 fully saturated rings. The molecular weight excluding hydrogens is 440 g/mol. The Hall–Kier alpha value is -3.65. The van der Waals surface area contributed by atoms with Gasteiger partial charge in [0.25, 0.3) is 11.8 Å². The standard InChI is InChI=1S/C25H26N2O5S/c1-3-27(4-2)25(29)20-14-16-21(17-15-20)33(30,31)32-23-13-9-8-12-22(23)24(28)26-18-19-10-6-5-7-11-19/h5-17H,3-4,18H2,1-2H3,(H,26,28). The van der Waals surface area contributed by atoms with E-state index in [1.807, 2.05) is 44.2 Å². The van der Waals surface area contributed by atoms with E-state index in [9.17, 15) is 18.0 Å². The summed E-state index contributed by atoms with van der Waals surface area (Å²) in [6, 6.07) is 21.1. The minimum absolute atomic E-state index is 0.0774. The van der Waals surface area contributed by atoms with E-state index in [1.165, 1.54) is 36.4 Å². The maximum Gasteiger partial charge on any atom is 0.339 e. The maximum absolute atomic E-state index is 12.8. The summed E-state index contributed by atoms with van der Waals surface area (Å²) >= 11 is 0. The monoisotopic (exact) mass is 466 g/mol. The molecule has 33 heavy (non-hydrogen) atoms. The molecule has 3 rings (SSSR count). The quantitative estimate of drug-likeness (QED) is 0.484. The van der Waals surface area contributed by atoms with Crippen LogP contribution in [0.15, 0.2) is 83.8 Å². The number of benzene rings is 3. The van der Waals surface area contributed by atoms with E-state index in [2.05, 4.69) is 5.32 Å². The average Bonchev–Trinajstić information content (AvgIpc) is 2.84. The predicted molar refractivity (Wildman–Crippen MR) is 126 cm³/mol. The summed E-state index contributed by atoms with van der Waals surface area (Å²) in [5.41, 5.74) is 1.40. The number of nitrogens with one attached hydrogen (secondary N) is 1. The van der Waals surface area contributed by atoms with Crippen molar-refractivity contribution in [1.29, 1.82) is 0 Å². The minimum Gasteiger partial charge on any atom is -0.378 e. The largest absolute Gasteiger partial charge is 0.378 e. The molecule has 8 heteroatoms. The van der Waals surface area contributed by atoms with Gasteiger partial charge in [-0.1, -0.05) is 42.5 Å². The van der Waals surface area contributed by atoms with Crippen LogP contribution in [0, 0.1) is 0 Å². The summed E-state index contributed by atoms with van der Waals surface area (Å²) in [5, 5.41) is 2.77. The second-order valence-electron chi connectivity index (χ2n) is 7.20. The Labute approximate surface area is 194 Å². The van der Waals surface area contributed by atoms with E-state index >= 15 is 0 Å². The van der Waals surface area contributed by atoms with E-state index < -0.39 is 16.0 Å². The summed E-state index contributed by atoms with van der Waals surface area (Å²) in [6.07, 6.45) is 0. The van der Waals surface area contributed by atoms with Gasteiger partial charge >= 0.3 is 10.1 Å². The van der Waals surface area contributed by atoms with Crippen LogP contribution < -0.4 is 9.50 Å². The Morgan fingerprint density at radius 2 is 1.45 bits per heavy atom. The summed E-state index contributed by atoms with van der Waals surface area (Å²) < 4.78 is 31.0. The minimum atomic E-state index is -4.22. The first-order chi connectivity index (χ1) is 15.9. The highest BCUT2D eigenvalue weighted by Gasteiger charge is 2.22. The maximum atomic E-state index is 12.8. The molecular formula is C25H26N2O5S. The lowest BCUT2D eigenvalue weighted by Crippen LogP contribution is -2.30. The number of nitrogens with zero attached hydrogens (tertiary/aromatic N) is 1. The van der Waals surface area contributed by atoms with Crippen LogP contribution in [0.25, 0.3) is 0 Å². The first-order valence-electron chi connectivity index (χ1n) is 10.6. The van der Waals surface area contributed by atoms with Crippen LogP contribution in [0.2, 0.25) is 0 Å². The van der Waals surface area contributed by atoms with E-state index in [-0.39, 0.29) is 22.1 Å². The lowest BCUT2D eigenvalue weighted by atomic mass is 10.1. The zero-order valence-corrected chi connectivity index (χ0v) is 19.3. The topological polar surface area (TPSA) is 92.8 Å². The van der Waals surface area contributed by atoms with E-state index in [1.54, 1.807) is 17.0 Å². The van der Waals surface area contributed by atoms with E-state index in [0.29, 0.717) is 25.2 Å². The van der Waals surface area contributed by atoms with E-state index in [4.69, 9.17) is 4.18 Å². The van der Waals surface area contributed by atoms with Crippen LogP contribution in [0.4, 0.5) is 0 Å². The van der Waals surface area contributed by atoms with Crippen molar-refractivity contribution in [2.45, 2.75) is 25.3 Å². The summed E-state index contributed by atoms with van der Waals surface area (Å²) in [4.78, 5) is 26.6. The fourth-order valence-electron chi connectivity index (χ4n) is 3.22. The van der Waals surface area contributed by atoms with Gasteiger partial charge in [0, 0.05) is 25.2 Å². The van der Waals surface area contributed by atoms with Gasteiger partial charge in [-0.15, -0.1) is 0 Å². The third-order valence-electron chi connectivity index (χ3n) is 5.07. The molecule has 0 spiro atoms. The smallest absolute Gasteiger partial charge is 0.339 e. The van der Waals surface area contributed by atoms with Crippen LogP contribution in [0.3, 0.4) is 0 Å². The second kappa shape index (κ2) is 10.8. The molecule has 3 aromatic rings. The van der Waals surface area contributed by atoms with Crippen LogP contribution in [-0.4, -0.2) is 38.2 Å². The summed E-state index contributed by atoms with van der Waals surface area (Å²) in [7, 11) is -4.22. The molecule has 172 valence electrons. The number of hydrogen-bond acceptors (Lipinski definition) is 5. The number of carbonyl (C=O) groups excluding carboxylic acids is 2. The third-order valence-corrected chi connectivity index (χ3v) is 6.32. The SMILES string of the molecule is CCN(CC)C(=O)c1ccc(S(=O)(=O)Oc2ccccc2C(=O)NCc2ccccc2)cc1. The summed E-state index contributed by atoms with van der Waals surface area (Å²) in [5.74, 6) is -0.707. The van der Waals surface area contributed by atoms with Crippen LogP contribution in [0.1, 0.15) is 40.1 Å². The lowest BCUT2D eigenvalue weighted by Gasteiger charge is -2.18. The molecule has 0 radical (unpaired) electrons. The Morgan fingerprint density at radius 3 is 2.09 bits per heavy atom. The Morgan fingerprint density at radius 1 is 0.848 bits per heavy atom. The van der Waals surface area contributed by atoms with Crippen LogP contribution in [0.5, 0.6) is 5.75 Å². The molecule has 1 N–H and O–H groups in total. The zero-order chi connectivity index (χ0) is 23.8. The Bertz CT molecular complexity index is 1210. The van der Waals surface area contributed by atoms with Gasteiger partial charge in [0.05, 0.1) is 5.56 Å². The van der Waals surface area contributed by atoms with Gasteiger partial charge < -0.3 is 14.4 Å². The lowest BCUT2D eigenvalue weighted by molar-refractivity contribution is 0.0772. The molecule has 0 heterocycles. The third kappa shape index (κ3) is 5.98. The summed E-state index contributed by atoms with van der Waals surface area (Å²) in [6.45, 7) is 5.16. The van der Waals surface area contributed by atoms with Crippen molar-refractivity contribution < 1.29 is 22.2 Å². The highest BCUT2D eigenvalue weighted by atomic mass is 32.2. The highest BCUT2D eigenvalue weighted by molar-refractivity contribution is 7.87. The van der Waals surface area contributed by atoms with Gasteiger partial charge in [0.1, 0.15) is 4.90 Å². The zero-order valence-electron chi connectivity index (χ0n) is 18.5. The second-order valence-corrected chi connectivity index (χ2v) is 8.75. The molecule has 0 unspecified atom stereocenters. The van der Waals surface area contributed by atoms with Crippen LogP contribution >= 0.6 is 0 Å². The van der Waals surface area contributed by atoms with E-state index in [0.717, 1.165) is 5.56 Å². The molecule has 0 aliphatic carbocycles. The van der Waals surface area contributed by atoms with Crippen molar-refractivity contribution in [1.82, 2.24) is 10.2 Å². The number of hydrogen-bond donors (Lipinski definition) is 1. The number of carbonyl (C=O) groups is 2. The van der Waals surface area contributed by atoms with Crippen molar-refractivity contribution >= 4 is 21.9 Å². The van der Waals surface area contributed by atoms with Crippen LogP contribution in [-0.2, 0) is 16.7 Å². The van der Waals surface area contributed by atoms with Gasteiger partial charge in [-0.05, 0) is 55.8 Å². The molecule has 0 saturated carbocycles. The molecule has 3 aromatic carbocycles. The van der Waals surface area contributed by atoms with Gasteiger partial charge in [0.2, 0.25) is 0 Å². The Kier molecular flexibility index (Phi) is 7.84. The number of amides is 2. The van der Waals surface area contributed by atoms with Crippen molar-refractivity contribution in [2.75, 3.05) is 13.1 Å². The molecule has 0 aromatic heterocycles. The molecule has 0 aliphatic rings. The van der Waals surface area contributed by atoms with Gasteiger partial charge in [0.15, 0.2) is 5.75 Å². The molecule has 0 saturated heterocycles. The molecule has 7 nitrogen and oxygen atoms in total. The average molecular weight is 467 g/mol. The van der Waals surface area contributed by atoms with Crippen molar-refractivity contribution in [3.8, 4) is 5.75 Å². The molecule has 0 bridgehead atoms. The first kappa shape index (κ1) is 24.0. The first-order valence-corrected chi connectivity index (χ1v) is 12.0. The molecule has 0 aliphatic heterocycles. The fourth-order valence-corrected chi connectivity index (χ4v) is 4.17. The van der Waals surface area contributed by atoms with Gasteiger partial charge in [-0.3, -0.25) is 9.59 Å². The van der Waals surface area contributed by atoms with Crippen molar-refractivity contribution in [3.63, 3.8) is 0 Å². The molecule has 0 atom stereocenters. The number of para-hydroxylation sites is 1.